The smallest absolute Gasteiger partial charge is 0.330 e. The van der Waals surface area contributed by atoms with Crippen LogP contribution in [0, 0.1) is 5.92 Å². The number of hydrogen-bond donors (Lipinski definition) is 3. The summed E-state index contributed by atoms with van der Waals surface area (Å²) >= 11 is 1.14. The molecule has 0 saturated carbocycles. The molecule has 3 N–H and O–H groups in total. The van der Waals surface area contributed by atoms with E-state index in [9.17, 15) is 19.8 Å². The Bertz CT molecular complexity index is 577. The molecular weight excluding hydrogens is 366 g/mol. The summed E-state index contributed by atoms with van der Waals surface area (Å²) in [7, 11) is 0. The number of esters is 1. The van der Waals surface area contributed by atoms with E-state index in [2.05, 4.69) is 24.4 Å². The first kappa shape index (κ1) is 22.0. The van der Waals surface area contributed by atoms with Crippen molar-refractivity contribution in [1.29, 1.82) is 0 Å². The number of aliphatic hydroxyl groups excluding tert-OH is 2. The molecule has 27 heavy (non-hydrogen) atoms. The summed E-state index contributed by atoms with van der Waals surface area (Å²) in [6.07, 6.45) is 7.34. The number of carbonyl (C=O) groups is 2. The monoisotopic (exact) mass is 397 g/mol. The van der Waals surface area contributed by atoms with Crippen molar-refractivity contribution in [3.63, 3.8) is 0 Å². The molecule has 1 fully saturated rings. The molecule has 0 spiro atoms. The number of ether oxygens (including phenoxy) is 1. The van der Waals surface area contributed by atoms with Crippen LogP contribution in [0.5, 0.6) is 0 Å². The predicted molar refractivity (Wildman–Crippen MR) is 106 cm³/mol. The Morgan fingerprint density at radius 2 is 2.15 bits per heavy atom. The molecule has 5 atom stereocenters. The zero-order chi connectivity index (χ0) is 19.8. The highest BCUT2D eigenvalue weighted by Crippen LogP contribution is 2.22. The normalized spacial score (nSPS) is 35.3. The second kappa shape index (κ2) is 10.9. The first-order valence-corrected chi connectivity index (χ1v) is 10.7. The van der Waals surface area contributed by atoms with Gasteiger partial charge in [0.15, 0.2) is 0 Å². The lowest BCUT2D eigenvalue weighted by Crippen LogP contribution is -2.41. The van der Waals surface area contributed by atoms with Gasteiger partial charge in [-0.15, -0.1) is 0 Å². The molecule has 1 saturated heterocycles. The van der Waals surface area contributed by atoms with E-state index in [-0.39, 0.29) is 24.1 Å². The quantitative estimate of drug-likeness (QED) is 0.501. The van der Waals surface area contributed by atoms with Gasteiger partial charge in [0.25, 0.3) is 5.24 Å². The van der Waals surface area contributed by atoms with Crippen molar-refractivity contribution in [3.8, 4) is 0 Å². The highest BCUT2D eigenvalue weighted by Gasteiger charge is 2.31. The van der Waals surface area contributed by atoms with Crippen molar-refractivity contribution in [1.82, 2.24) is 5.32 Å². The van der Waals surface area contributed by atoms with Gasteiger partial charge in [0, 0.05) is 24.7 Å². The van der Waals surface area contributed by atoms with Crippen LogP contribution in [0.25, 0.3) is 0 Å². The SMILES string of the molecule is C/C1=C/C(=O)OC(CC(O)C2CSC(=O)N2)C[C@H](O)CCC(C)/C=C\CC1. The maximum absolute atomic E-state index is 12.2. The average molecular weight is 398 g/mol. The fraction of sp³-hybridized carbons (Fsp3) is 0.700. The molecule has 0 aliphatic carbocycles. The predicted octanol–water partition coefficient (Wildman–Crippen LogP) is 2.94. The second-order valence-electron chi connectivity index (χ2n) is 7.61. The topological polar surface area (TPSA) is 95.9 Å². The fourth-order valence-corrected chi connectivity index (χ4v) is 4.19. The molecule has 2 heterocycles. The van der Waals surface area contributed by atoms with E-state index in [4.69, 9.17) is 4.74 Å². The molecule has 2 rings (SSSR count). The van der Waals surface area contributed by atoms with E-state index >= 15 is 0 Å². The third-order valence-corrected chi connectivity index (χ3v) is 5.88. The summed E-state index contributed by atoms with van der Waals surface area (Å²) in [5.74, 6) is 0.423. The number of nitrogens with one attached hydrogen (secondary N) is 1. The molecule has 0 aromatic rings. The van der Waals surface area contributed by atoms with Gasteiger partial charge in [-0.1, -0.05) is 36.4 Å². The number of thioether (sulfide) groups is 1. The number of aliphatic hydroxyl groups is 2. The molecule has 1 amide bonds. The van der Waals surface area contributed by atoms with Gasteiger partial charge in [-0.3, -0.25) is 4.79 Å². The van der Waals surface area contributed by atoms with Crippen LogP contribution in [0.3, 0.4) is 0 Å². The average Bonchev–Trinajstić information content (AvgIpc) is 3.02. The van der Waals surface area contributed by atoms with Crippen molar-refractivity contribution in [2.24, 2.45) is 5.92 Å². The zero-order valence-electron chi connectivity index (χ0n) is 16.1. The van der Waals surface area contributed by atoms with E-state index in [1.165, 1.54) is 6.08 Å². The van der Waals surface area contributed by atoms with Gasteiger partial charge in [0.2, 0.25) is 0 Å². The molecule has 0 radical (unpaired) electrons. The Labute approximate surface area is 165 Å². The van der Waals surface area contributed by atoms with E-state index in [0.29, 0.717) is 18.1 Å². The fourth-order valence-electron chi connectivity index (χ4n) is 3.32. The summed E-state index contributed by atoms with van der Waals surface area (Å²) in [5.41, 5.74) is 0.939. The first-order chi connectivity index (χ1) is 12.8. The van der Waals surface area contributed by atoms with Gasteiger partial charge < -0.3 is 20.3 Å². The van der Waals surface area contributed by atoms with E-state index in [1.54, 1.807) is 0 Å². The summed E-state index contributed by atoms with van der Waals surface area (Å²) in [6.45, 7) is 4.02. The highest BCUT2D eigenvalue weighted by molar-refractivity contribution is 8.13. The third-order valence-electron chi connectivity index (χ3n) is 4.97. The Morgan fingerprint density at radius 1 is 1.37 bits per heavy atom. The number of hydrogen-bond acceptors (Lipinski definition) is 6. The molecule has 7 heteroatoms. The van der Waals surface area contributed by atoms with Crippen molar-refractivity contribution in [2.45, 2.75) is 76.7 Å². The summed E-state index contributed by atoms with van der Waals surface area (Å²) in [4.78, 5) is 23.6. The Morgan fingerprint density at radius 3 is 2.85 bits per heavy atom. The number of carbonyl (C=O) groups excluding carboxylic acids is 2. The van der Waals surface area contributed by atoms with Crippen LogP contribution in [0.2, 0.25) is 0 Å². The molecular formula is C20H31NO5S. The zero-order valence-corrected chi connectivity index (χ0v) is 16.9. The lowest BCUT2D eigenvalue weighted by atomic mass is 9.96. The second-order valence-corrected chi connectivity index (χ2v) is 8.61. The standard InChI is InChI=1S/C20H31NO5S/c1-13-5-3-4-6-14(2)9-19(24)26-16(10-15(22)8-7-13)11-18(23)17-12-27-20(25)21-17/h3,5,9,13,15-18,22-23H,4,6-8,10-12H2,1-2H3,(H,21,25)/b5-3-,14-9-/t13?,15-,16?,17?,18?/m1/s1. The van der Waals surface area contributed by atoms with Gasteiger partial charge in [0.1, 0.15) is 6.10 Å². The van der Waals surface area contributed by atoms with Crippen molar-refractivity contribution < 1.29 is 24.5 Å². The van der Waals surface area contributed by atoms with Crippen LogP contribution >= 0.6 is 11.8 Å². The van der Waals surface area contributed by atoms with E-state index in [1.807, 2.05) is 6.92 Å². The minimum absolute atomic E-state index is 0.150. The summed E-state index contributed by atoms with van der Waals surface area (Å²) in [6, 6.07) is -0.353. The van der Waals surface area contributed by atoms with Crippen LogP contribution in [0.4, 0.5) is 4.79 Å². The minimum atomic E-state index is -0.820. The van der Waals surface area contributed by atoms with Crippen LogP contribution in [0.15, 0.2) is 23.8 Å². The molecule has 2 aliphatic heterocycles. The van der Waals surface area contributed by atoms with Gasteiger partial charge in [-0.25, -0.2) is 4.79 Å². The highest BCUT2D eigenvalue weighted by atomic mass is 32.2. The Hall–Kier alpha value is -1.31. The molecule has 2 aliphatic rings. The summed E-state index contributed by atoms with van der Waals surface area (Å²) in [5, 5.41) is 23.4. The molecule has 0 aromatic carbocycles. The van der Waals surface area contributed by atoms with Crippen LogP contribution < -0.4 is 5.32 Å². The maximum Gasteiger partial charge on any atom is 0.330 e. The number of rotatable bonds is 3. The van der Waals surface area contributed by atoms with Gasteiger partial charge in [-0.05, 0) is 38.5 Å². The van der Waals surface area contributed by atoms with E-state index < -0.39 is 24.3 Å². The number of cyclic esters (lactones) is 1. The van der Waals surface area contributed by atoms with Gasteiger partial charge in [0.05, 0.1) is 18.2 Å². The van der Waals surface area contributed by atoms with Crippen LogP contribution in [0.1, 0.15) is 52.4 Å². The molecule has 0 bridgehead atoms. The molecule has 0 aromatic heterocycles. The first-order valence-electron chi connectivity index (χ1n) is 9.67. The van der Waals surface area contributed by atoms with Gasteiger partial charge in [-0.2, -0.15) is 0 Å². The van der Waals surface area contributed by atoms with Gasteiger partial charge >= 0.3 is 5.97 Å². The number of allylic oxidation sites excluding steroid dienone is 3. The van der Waals surface area contributed by atoms with Crippen molar-refractivity contribution in [3.05, 3.63) is 23.8 Å². The Balaban J connectivity index is 2.04. The lowest BCUT2D eigenvalue weighted by Gasteiger charge is -2.25. The Kier molecular flexibility index (Phi) is 8.86. The van der Waals surface area contributed by atoms with Crippen molar-refractivity contribution >= 4 is 23.0 Å². The minimum Gasteiger partial charge on any atom is -0.459 e. The molecule has 6 nitrogen and oxygen atoms in total. The van der Waals surface area contributed by atoms with E-state index in [0.717, 1.165) is 36.6 Å². The molecule has 4 unspecified atom stereocenters. The van der Waals surface area contributed by atoms with Crippen LogP contribution in [-0.4, -0.2) is 51.5 Å². The largest absolute Gasteiger partial charge is 0.459 e. The lowest BCUT2D eigenvalue weighted by molar-refractivity contribution is -0.146. The third kappa shape index (κ3) is 8.07. The maximum atomic E-state index is 12.2. The number of amides is 1. The van der Waals surface area contributed by atoms with Crippen molar-refractivity contribution in [2.75, 3.05) is 5.75 Å². The summed E-state index contributed by atoms with van der Waals surface area (Å²) < 4.78 is 5.55. The van der Waals surface area contributed by atoms with Crippen LogP contribution in [-0.2, 0) is 9.53 Å². The molecule has 152 valence electrons.